The van der Waals surface area contributed by atoms with Gasteiger partial charge in [0.25, 0.3) is 5.09 Å². The number of carbonyl (C=O) groups excluding carboxylic acids is 3. The van der Waals surface area contributed by atoms with E-state index < -0.39 is 34.3 Å². The second kappa shape index (κ2) is 10.2. The van der Waals surface area contributed by atoms with E-state index in [1.807, 2.05) is 6.92 Å². The number of ether oxygens (including phenoxy) is 3. The molecule has 1 N–H and O–H groups in total. The van der Waals surface area contributed by atoms with Crippen LogP contribution in [0, 0.1) is 38.7 Å². The summed E-state index contributed by atoms with van der Waals surface area (Å²) in [6.45, 7) is 5.37. The molecule has 3 fully saturated rings. The van der Waals surface area contributed by atoms with Gasteiger partial charge in [-0.1, -0.05) is 19.4 Å². The molecule has 4 aliphatic carbocycles. The molecule has 0 spiro atoms. The Balaban J connectivity index is 1.62. The van der Waals surface area contributed by atoms with Crippen LogP contribution in [0.1, 0.15) is 72.1 Å². The molecule has 0 aromatic carbocycles. The summed E-state index contributed by atoms with van der Waals surface area (Å²) >= 11 is 0. The second-order valence-corrected chi connectivity index (χ2v) is 11.3. The predicted octanol–water partition coefficient (Wildman–Crippen LogP) is 3.54. The molecule has 0 heterocycles. The topological polar surface area (TPSA) is 152 Å². The summed E-state index contributed by atoms with van der Waals surface area (Å²) in [5, 5.41) is 21.1. The van der Waals surface area contributed by atoms with Gasteiger partial charge in [0, 0.05) is 18.3 Å². The second-order valence-electron chi connectivity index (χ2n) is 11.3. The Morgan fingerprint density at radius 3 is 2.62 bits per heavy atom. The van der Waals surface area contributed by atoms with Crippen LogP contribution in [-0.2, 0) is 28.6 Å². The lowest BCUT2D eigenvalue weighted by atomic mass is 9.45. The molecule has 7 atom stereocenters. The number of fused-ring (bicyclic) bond motifs is 5. The number of hydrogen-bond donors (Lipinski definition) is 1. The van der Waals surface area contributed by atoms with Gasteiger partial charge in [-0.25, -0.2) is 9.59 Å². The highest BCUT2D eigenvalue weighted by Crippen LogP contribution is 2.68. The summed E-state index contributed by atoms with van der Waals surface area (Å²) in [6.07, 6.45) is 3.88. The van der Waals surface area contributed by atoms with Gasteiger partial charge in [0.2, 0.25) is 5.60 Å². The normalized spacial score (nSPS) is 38.4. The van der Waals surface area contributed by atoms with Crippen LogP contribution in [0.4, 0.5) is 4.79 Å². The number of aliphatic hydroxyl groups is 1. The molecular weight excluding hydrogens is 486 g/mol. The Morgan fingerprint density at radius 2 is 1.92 bits per heavy atom. The summed E-state index contributed by atoms with van der Waals surface area (Å²) in [4.78, 5) is 52.9. The smallest absolute Gasteiger partial charge is 0.463 e. The standard InChI is InChI=1S/C26H37NO10/c1-4-34-23(31)37-26(22(30)35-12-5-13-36-27(32)33)11-9-19-18-7-6-16-14-17(28)8-10-24(16,2)21(18)20(29)15-25(19,26)3/h14,18-21,29H,4-13,15H2,1-3H3. The number of rotatable bonds is 8. The zero-order chi connectivity index (χ0) is 27.0. The van der Waals surface area contributed by atoms with Crippen LogP contribution >= 0.6 is 0 Å². The molecule has 0 aliphatic heterocycles. The first-order valence-corrected chi connectivity index (χ1v) is 13.2. The van der Waals surface area contributed by atoms with Gasteiger partial charge in [-0.3, -0.25) is 4.79 Å². The largest absolute Gasteiger partial charge is 0.509 e. The fourth-order valence-corrected chi connectivity index (χ4v) is 7.99. The van der Waals surface area contributed by atoms with Crippen LogP contribution in [0.5, 0.6) is 0 Å². The van der Waals surface area contributed by atoms with Crippen LogP contribution in [0.15, 0.2) is 11.6 Å². The summed E-state index contributed by atoms with van der Waals surface area (Å²) < 4.78 is 16.3. The molecule has 37 heavy (non-hydrogen) atoms. The number of hydrogen-bond acceptors (Lipinski definition) is 10. The maximum atomic E-state index is 13.6. The maximum Gasteiger partial charge on any atom is 0.509 e. The molecule has 0 radical (unpaired) electrons. The highest BCUT2D eigenvalue weighted by atomic mass is 16.9. The summed E-state index contributed by atoms with van der Waals surface area (Å²) in [5.74, 6) is -0.597. The van der Waals surface area contributed by atoms with Gasteiger partial charge in [-0.05, 0) is 74.7 Å². The van der Waals surface area contributed by atoms with Crippen LogP contribution in [0.25, 0.3) is 0 Å². The molecule has 7 unspecified atom stereocenters. The maximum absolute atomic E-state index is 13.6. The molecule has 0 amide bonds. The van der Waals surface area contributed by atoms with Gasteiger partial charge in [0.1, 0.15) is 0 Å². The fourth-order valence-electron chi connectivity index (χ4n) is 7.99. The lowest BCUT2D eigenvalue weighted by molar-refractivity contribution is -0.757. The number of carbonyl (C=O) groups is 3. The van der Waals surface area contributed by atoms with Crippen molar-refractivity contribution in [2.75, 3.05) is 19.8 Å². The van der Waals surface area contributed by atoms with Crippen molar-refractivity contribution in [2.45, 2.75) is 83.8 Å². The van der Waals surface area contributed by atoms with E-state index in [0.29, 0.717) is 19.3 Å². The average Bonchev–Trinajstić information content (AvgIpc) is 3.11. The fraction of sp³-hybridized carbons (Fsp3) is 0.808. The highest BCUT2D eigenvalue weighted by Gasteiger charge is 2.71. The summed E-state index contributed by atoms with van der Waals surface area (Å²) in [5.41, 5.74) is -1.74. The van der Waals surface area contributed by atoms with Gasteiger partial charge < -0.3 is 24.2 Å². The van der Waals surface area contributed by atoms with E-state index in [2.05, 4.69) is 11.8 Å². The monoisotopic (exact) mass is 523 g/mol. The van der Waals surface area contributed by atoms with E-state index in [-0.39, 0.29) is 68.0 Å². The van der Waals surface area contributed by atoms with Gasteiger partial charge >= 0.3 is 12.1 Å². The molecule has 0 aromatic rings. The molecule has 206 valence electrons. The third-order valence-corrected chi connectivity index (χ3v) is 9.58. The van der Waals surface area contributed by atoms with Crippen molar-refractivity contribution in [1.29, 1.82) is 0 Å². The Morgan fingerprint density at radius 1 is 1.16 bits per heavy atom. The van der Waals surface area contributed by atoms with E-state index in [9.17, 15) is 29.6 Å². The quantitative estimate of drug-likeness (QED) is 0.216. The highest BCUT2D eigenvalue weighted by molar-refractivity contribution is 5.91. The Hall–Kier alpha value is -2.69. The van der Waals surface area contributed by atoms with Crippen LogP contribution in [-0.4, -0.2) is 59.6 Å². The van der Waals surface area contributed by atoms with Crippen molar-refractivity contribution >= 4 is 17.9 Å². The first-order valence-electron chi connectivity index (χ1n) is 13.2. The van der Waals surface area contributed by atoms with E-state index in [1.165, 1.54) is 0 Å². The van der Waals surface area contributed by atoms with Crippen LogP contribution in [0.2, 0.25) is 0 Å². The Bertz CT molecular complexity index is 980. The molecule has 11 nitrogen and oxygen atoms in total. The minimum absolute atomic E-state index is 0.0169. The first-order chi connectivity index (χ1) is 17.5. The third-order valence-electron chi connectivity index (χ3n) is 9.58. The van der Waals surface area contributed by atoms with E-state index in [4.69, 9.17) is 14.2 Å². The number of nitrogens with zero attached hydrogens (tertiary/aromatic N) is 1. The predicted molar refractivity (Wildman–Crippen MR) is 127 cm³/mol. The van der Waals surface area contributed by atoms with Gasteiger partial charge in [0.15, 0.2) is 5.78 Å². The van der Waals surface area contributed by atoms with Crippen LogP contribution < -0.4 is 0 Å². The molecule has 0 bridgehead atoms. The van der Waals surface area contributed by atoms with Crippen LogP contribution in [0.3, 0.4) is 0 Å². The lowest BCUT2D eigenvalue weighted by Crippen LogP contribution is -2.63. The minimum atomic E-state index is -1.65. The zero-order valence-electron chi connectivity index (χ0n) is 21.7. The lowest BCUT2D eigenvalue weighted by Gasteiger charge is -2.60. The van der Waals surface area contributed by atoms with Gasteiger partial charge in [-0.2, -0.15) is 0 Å². The van der Waals surface area contributed by atoms with E-state index in [0.717, 1.165) is 18.4 Å². The van der Waals surface area contributed by atoms with Crippen molar-refractivity contribution in [3.8, 4) is 0 Å². The minimum Gasteiger partial charge on any atom is -0.463 e. The molecule has 0 aromatic heterocycles. The van der Waals surface area contributed by atoms with Crippen molar-refractivity contribution in [3.63, 3.8) is 0 Å². The summed E-state index contributed by atoms with van der Waals surface area (Å²) in [6, 6.07) is 0. The van der Waals surface area contributed by atoms with Gasteiger partial charge in [-0.15, -0.1) is 10.1 Å². The molecule has 11 heteroatoms. The summed E-state index contributed by atoms with van der Waals surface area (Å²) in [7, 11) is 0. The van der Waals surface area contributed by atoms with Gasteiger partial charge in [0.05, 0.1) is 25.9 Å². The SMILES string of the molecule is CCOC(=O)OC1(C(=O)OCCCO[N+](=O)[O-])CCC2C3CCC4=CC(=O)CCC4(C)C3C(O)CC21C. The molecule has 3 saturated carbocycles. The number of allylic oxidation sites excluding steroid dienone is 1. The first kappa shape index (κ1) is 27.3. The molecular formula is C26H37NO10. The zero-order valence-corrected chi connectivity index (χ0v) is 21.7. The molecule has 4 rings (SSSR count). The van der Waals surface area contributed by atoms with E-state index >= 15 is 0 Å². The Labute approximate surface area is 215 Å². The van der Waals surface area contributed by atoms with Crippen molar-refractivity contribution in [2.24, 2.45) is 28.6 Å². The van der Waals surface area contributed by atoms with Crippen molar-refractivity contribution in [1.82, 2.24) is 0 Å². The number of ketones is 1. The third kappa shape index (κ3) is 4.59. The Kier molecular flexibility index (Phi) is 7.56. The molecule has 0 saturated heterocycles. The average molecular weight is 524 g/mol. The number of aliphatic hydroxyl groups excluding tert-OH is 1. The van der Waals surface area contributed by atoms with E-state index in [1.54, 1.807) is 13.0 Å². The number of esters is 1. The van der Waals surface area contributed by atoms with Crippen molar-refractivity contribution in [3.05, 3.63) is 21.8 Å². The van der Waals surface area contributed by atoms with Crippen molar-refractivity contribution < 1.29 is 43.6 Å². The molecule has 4 aliphatic rings.